The maximum absolute atomic E-state index is 10.9. The van der Waals surface area contributed by atoms with Crippen molar-refractivity contribution >= 4 is 10.1 Å². The van der Waals surface area contributed by atoms with Gasteiger partial charge in [-0.3, -0.25) is 4.55 Å². The molecule has 1 rings (SSSR count). The van der Waals surface area contributed by atoms with Gasteiger partial charge < -0.3 is 10.8 Å². The van der Waals surface area contributed by atoms with Gasteiger partial charge in [0.05, 0.1) is 6.61 Å². The van der Waals surface area contributed by atoms with Crippen LogP contribution in [0.25, 0.3) is 0 Å². The van der Waals surface area contributed by atoms with Crippen molar-refractivity contribution in [3.63, 3.8) is 0 Å². The molecule has 16 heavy (non-hydrogen) atoms. The van der Waals surface area contributed by atoms with Crippen LogP contribution in [0, 0.1) is 0 Å². The van der Waals surface area contributed by atoms with Crippen molar-refractivity contribution < 1.29 is 18.1 Å². The van der Waals surface area contributed by atoms with Crippen LogP contribution in [0.15, 0.2) is 23.8 Å². The Kier molecular flexibility index (Phi) is 5.88. The van der Waals surface area contributed by atoms with Gasteiger partial charge in [0.15, 0.2) is 0 Å². The number of hydrogen-bond donors (Lipinski definition) is 3. The van der Waals surface area contributed by atoms with Crippen LogP contribution in [0.2, 0.25) is 0 Å². The molecule has 0 aromatic rings. The molecule has 4 N–H and O–H groups in total. The van der Waals surface area contributed by atoms with E-state index in [4.69, 9.17) is 15.4 Å². The zero-order valence-electron chi connectivity index (χ0n) is 9.55. The molecule has 0 heterocycles. The van der Waals surface area contributed by atoms with Crippen molar-refractivity contribution in [2.45, 2.75) is 25.0 Å². The van der Waals surface area contributed by atoms with E-state index in [0.29, 0.717) is 13.0 Å². The van der Waals surface area contributed by atoms with E-state index < -0.39 is 14.9 Å². The summed E-state index contributed by atoms with van der Waals surface area (Å²) in [6.45, 7) is 3.86. The number of nitrogens with two attached hydrogens (primary N) is 1. The number of rotatable bonds is 2. The van der Waals surface area contributed by atoms with Crippen molar-refractivity contribution in [2.24, 2.45) is 5.73 Å². The summed E-state index contributed by atoms with van der Waals surface area (Å²) in [5.41, 5.74) is 5.80. The van der Waals surface area contributed by atoms with Crippen molar-refractivity contribution in [1.29, 1.82) is 0 Å². The fourth-order valence-corrected chi connectivity index (χ4v) is 1.53. The molecule has 5 nitrogen and oxygen atoms in total. The van der Waals surface area contributed by atoms with Crippen LogP contribution >= 0.6 is 0 Å². The minimum atomic E-state index is -3.98. The van der Waals surface area contributed by atoms with Crippen LogP contribution in [0.1, 0.15) is 20.3 Å². The molecular weight excluding hydrogens is 230 g/mol. The lowest BCUT2D eigenvalue weighted by molar-refractivity contribution is 0.306. The second kappa shape index (κ2) is 6.15. The Labute approximate surface area is 96.4 Å². The summed E-state index contributed by atoms with van der Waals surface area (Å²) in [7, 11) is -3.98. The minimum absolute atomic E-state index is 0.0972. The van der Waals surface area contributed by atoms with E-state index in [1.807, 2.05) is 6.92 Å². The zero-order valence-corrected chi connectivity index (χ0v) is 10.4. The van der Waals surface area contributed by atoms with Crippen LogP contribution in [0.3, 0.4) is 0 Å². The average molecular weight is 249 g/mol. The Bertz CT molecular complexity index is 370. The predicted octanol–water partition coefficient (Wildman–Crippen LogP) is 0.476. The van der Waals surface area contributed by atoms with E-state index in [1.54, 1.807) is 12.2 Å². The molecule has 0 spiro atoms. The summed E-state index contributed by atoms with van der Waals surface area (Å²) in [5, 5.41) is 7.75. The summed E-state index contributed by atoms with van der Waals surface area (Å²) in [6, 6.07) is 0. The van der Waals surface area contributed by atoms with Crippen LogP contribution in [0.5, 0.6) is 0 Å². The first-order valence-corrected chi connectivity index (χ1v) is 6.35. The molecule has 0 saturated carbocycles. The molecule has 1 aliphatic rings. The van der Waals surface area contributed by atoms with Crippen LogP contribution in [0.4, 0.5) is 0 Å². The van der Waals surface area contributed by atoms with Crippen molar-refractivity contribution in [2.75, 3.05) is 13.2 Å². The molecule has 0 aliphatic heterocycles. The minimum Gasteiger partial charge on any atom is -0.395 e. The van der Waals surface area contributed by atoms with Crippen molar-refractivity contribution in [3.05, 3.63) is 23.8 Å². The van der Waals surface area contributed by atoms with E-state index in [0.717, 1.165) is 5.57 Å². The first-order chi connectivity index (χ1) is 7.27. The molecule has 0 radical (unpaired) electrons. The largest absolute Gasteiger partial charge is 0.395 e. The molecule has 0 bridgehead atoms. The fraction of sp³-hybridized carbons (Fsp3) is 0.600. The maximum atomic E-state index is 10.9. The summed E-state index contributed by atoms with van der Waals surface area (Å²) in [4.78, 5) is 0. The molecule has 0 aromatic carbocycles. The lowest BCUT2D eigenvalue weighted by atomic mass is 9.98. The SMILES string of the molecule is CC1=CCC(C)(S(=O)(=O)O)C=C1.NCCO. The van der Waals surface area contributed by atoms with Gasteiger partial charge >= 0.3 is 0 Å². The number of aliphatic hydroxyl groups is 1. The van der Waals surface area contributed by atoms with Gasteiger partial charge in [0.1, 0.15) is 4.75 Å². The van der Waals surface area contributed by atoms with Gasteiger partial charge in [0, 0.05) is 6.54 Å². The van der Waals surface area contributed by atoms with Gasteiger partial charge in [-0.2, -0.15) is 8.42 Å². The average Bonchev–Trinajstić information content (AvgIpc) is 2.21. The second-order valence-corrected chi connectivity index (χ2v) is 5.67. The van der Waals surface area contributed by atoms with Crippen LogP contribution < -0.4 is 5.73 Å². The van der Waals surface area contributed by atoms with Crippen molar-refractivity contribution in [3.8, 4) is 0 Å². The topological polar surface area (TPSA) is 101 Å². The third-order valence-electron chi connectivity index (χ3n) is 2.25. The summed E-state index contributed by atoms with van der Waals surface area (Å²) in [5.74, 6) is 0. The van der Waals surface area contributed by atoms with Gasteiger partial charge in [-0.1, -0.05) is 23.8 Å². The van der Waals surface area contributed by atoms with E-state index in [1.165, 1.54) is 13.0 Å². The number of hydrogen-bond acceptors (Lipinski definition) is 4. The van der Waals surface area contributed by atoms with E-state index in [9.17, 15) is 8.42 Å². The first-order valence-electron chi connectivity index (χ1n) is 4.91. The second-order valence-electron chi connectivity index (χ2n) is 3.79. The molecule has 0 fully saturated rings. The molecule has 6 heteroatoms. The van der Waals surface area contributed by atoms with Gasteiger partial charge in [0.25, 0.3) is 10.1 Å². The van der Waals surface area contributed by atoms with Gasteiger partial charge in [0.2, 0.25) is 0 Å². The Balaban J connectivity index is 0.000000487. The lowest BCUT2D eigenvalue weighted by Crippen LogP contribution is -2.33. The highest BCUT2D eigenvalue weighted by Crippen LogP contribution is 2.27. The molecule has 1 aliphatic carbocycles. The Morgan fingerprint density at radius 2 is 2.06 bits per heavy atom. The lowest BCUT2D eigenvalue weighted by Gasteiger charge is -2.23. The monoisotopic (exact) mass is 249 g/mol. The van der Waals surface area contributed by atoms with Crippen molar-refractivity contribution in [1.82, 2.24) is 0 Å². The highest BCUT2D eigenvalue weighted by molar-refractivity contribution is 7.87. The highest BCUT2D eigenvalue weighted by atomic mass is 32.2. The third kappa shape index (κ3) is 4.44. The Hall–Kier alpha value is -0.690. The summed E-state index contributed by atoms with van der Waals surface area (Å²) < 4.78 is 29.5. The molecule has 0 saturated heterocycles. The molecule has 1 atom stereocenters. The number of aliphatic hydroxyl groups excluding tert-OH is 1. The molecule has 1 unspecified atom stereocenters. The third-order valence-corrected chi connectivity index (χ3v) is 3.73. The Morgan fingerprint density at radius 3 is 2.31 bits per heavy atom. The molecular formula is C10H19NO4S. The van der Waals surface area contributed by atoms with Gasteiger partial charge in [-0.25, -0.2) is 0 Å². The van der Waals surface area contributed by atoms with E-state index in [-0.39, 0.29) is 6.61 Å². The molecule has 0 amide bonds. The summed E-state index contributed by atoms with van der Waals surface area (Å²) in [6.07, 6.45) is 5.37. The normalized spacial score (nSPS) is 24.4. The maximum Gasteiger partial charge on any atom is 0.274 e. The number of allylic oxidation sites excluding steroid dienone is 3. The predicted molar refractivity (Wildman–Crippen MR) is 63.6 cm³/mol. The zero-order chi connectivity index (χ0) is 12.8. The summed E-state index contributed by atoms with van der Waals surface area (Å²) >= 11 is 0. The molecule has 94 valence electrons. The van der Waals surface area contributed by atoms with E-state index >= 15 is 0 Å². The van der Waals surface area contributed by atoms with E-state index in [2.05, 4.69) is 0 Å². The smallest absolute Gasteiger partial charge is 0.274 e. The van der Waals surface area contributed by atoms with Crippen LogP contribution in [-0.2, 0) is 10.1 Å². The van der Waals surface area contributed by atoms with Gasteiger partial charge in [-0.15, -0.1) is 0 Å². The van der Waals surface area contributed by atoms with Crippen LogP contribution in [-0.4, -0.2) is 36.0 Å². The molecule has 0 aromatic heterocycles. The Morgan fingerprint density at radius 1 is 1.56 bits per heavy atom. The standard InChI is InChI=1S/C8H12O3S.C2H7NO/c1-7-3-5-8(2,6-4-7)12(9,10)11;3-1-2-4/h3-5H,6H2,1-2H3,(H,9,10,11);4H,1-3H2. The fourth-order valence-electron chi connectivity index (χ4n) is 0.999. The van der Waals surface area contributed by atoms with Gasteiger partial charge in [-0.05, 0) is 20.3 Å². The first kappa shape index (κ1) is 15.3. The highest BCUT2D eigenvalue weighted by Gasteiger charge is 2.35. The quantitative estimate of drug-likeness (QED) is 0.618.